The van der Waals surface area contributed by atoms with Crippen LogP contribution in [0.5, 0.6) is 5.75 Å². The van der Waals surface area contributed by atoms with Crippen LogP contribution in [0.15, 0.2) is 18.2 Å². The first-order valence-electron chi connectivity index (χ1n) is 9.97. The van der Waals surface area contributed by atoms with E-state index in [0.717, 1.165) is 0 Å². The number of piperidine rings is 1. The van der Waals surface area contributed by atoms with Gasteiger partial charge >= 0.3 is 0 Å². The molecule has 0 saturated carbocycles. The molecule has 0 bridgehead atoms. The third-order valence-electron chi connectivity index (χ3n) is 5.00. The number of benzene rings is 1. The summed E-state index contributed by atoms with van der Waals surface area (Å²) in [4.78, 5) is 41.1. The van der Waals surface area contributed by atoms with Gasteiger partial charge in [-0.05, 0) is 51.8 Å². The van der Waals surface area contributed by atoms with Crippen LogP contribution >= 0.6 is 11.6 Å². The van der Waals surface area contributed by atoms with Crippen LogP contribution in [0.1, 0.15) is 44.0 Å². The fourth-order valence-corrected chi connectivity index (χ4v) is 3.66. The lowest BCUT2D eigenvalue weighted by Gasteiger charge is -2.34. The maximum atomic E-state index is 12.9. The Hall–Kier alpha value is -2.28. The molecule has 1 heterocycles. The van der Waals surface area contributed by atoms with Crippen molar-refractivity contribution in [3.63, 3.8) is 0 Å². The summed E-state index contributed by atoms with van der Waals surface area (Å²) in [6.07, 6.45) is 1.13. The molecule has 0 atom stereocenters. The van der Waals surface area contributed by atoms with Gasteiger partial charge in [0.2, 0.25) is 11.8 Å². The Bertz CT molecular complexity index is 745. The van der Waals surface area contributed by atoms with Crippen molar-refractivity contribution in [2.45, 2.75) is 39.7 Å². The van der Waals surface area contributed by atoms with E-state index in [1.54, 1.807) is 28.0 Å². The van der Waals surface area contributed by atoms with E-state index in [0.29, 0.717) is 48.8 Å². The number of likely N-dealkylation sites (tertiary alicyclic amines) is 1. The van der Waals surface area contributed by atoms with Crippen molar-refractivity contribution in [3.05, 3.63) is 28.8 Å². The first kappa shape index (κ1) is 23.0. The number of amides is 3. The number of ether oxygens (including phenoxy) is 1. The number of carbonyl (C=O) groups excluding carboxylic acids is 3. The Morgan fingerprint density at radius 1 is 1.28 bits per heavy atom. The molecular weight excluding hydrogens is 394 g/mol. The van der Waals surface area contributed by atoms with Crippen LogP contribution in [-0.2, 0) is 9.59 Å². The second-order valence-corrected chi connectivity index (χ2v) is 7.92. The maximum Gasteiger partial charge on any atom is 0.257 e. The molecule has 1 aliphatic heterocycles. The first-order valence-corrected chi connectivity index (χ1v) is 10.4. The van der Waals surface area contributed by atoms with Gasteiger partial charge in [0.1, 0.15) is 5.75 Å². The van der Waals surface area contributed by atoms with Gasteiger partial charge in [0.15, 0.2) is 0 Å². The number of hydrogen-bond acceptors (Lipinski definition) is 4. The molecule has 8 heteroatoms. The number of hydrogen-bond donors (Lipinski definition) is 1. The number of nitrogens with zero attached hydrogens (tertiary/aromatic N) is 2. The summed E-state index contributed by atoms with van der Waals surface area (Å²) in [5, 5.41) is 3.28. The van der Waals surface area contributed by atoms with E-state index in [-0.39, 0.29) is 36.2 Å². The highest BCUT2D eigenvalue weighted by Crippen LogP contribution is 2.27. The molecular formula is C21H30ClN3O4. The molecule has 1 N–H and O–H groups in total. The number of methoxy groups -OCH3 is 1. The quantitative estimate of drug-likeness (QED) is 0.731. The van der Waals surface area contributed by atoms with Crippen molar-refractivity contribution in [1.82, 2.24) is 15.1 Å². The van der Waals surface area contributed by atoms with Gasteiger partial charge in [-0.3, -0.25) is 14.4 Å². The van der Waals surface area contributed by atoms with Crippen molar-refractivity contribution < 1.29 is 19.1 Å². The zero-order valence-electron chi connectivity index (χ0n) is 17.5. The predicted octanol–water partition coefficient (Wildman–Crippen LogP) is 2.57. The van der Waals surface area contributed by atoms with Gasteiger partial charge in [0.25, 0.3) is 5.91 Å². The van der Waals surface area contributed by atoms with Crippen LogP contribution < -0.4 is 10.1 Å². The molecule has 1 aliphatic rings. The lowest BCUT2D eigenvalue weighted by Crippen LogP contribution is -2.47. The number of halogens is 1. The maximum absolute atomic E-state index is 12.9. The number of rotatable bonds is 7. The lowest BCUT2D eigenvalue weighted by molar-refractivity contribution is -0.140. The molecule has 0 aliphatic carbocycles. The lowest BCUT2D eigenvalue weighted by atomic mass is 9.94. The molecule has 160 valence electrons. The summed E-state index contributed by atoms with van der Waals surface area (Å²) >= 11 is 6.04. The molecule has 0 radical (unpaired) electrons. The van der Waals surface area contributed by atoms with Crippen molar-refractivity contribution in [1.29, 1.82) is 0 Å². The highest BCUT2D eigenvalue weighted by molar-refractivity contribution is 6.31. The third-order valence-corrected chi connectivity index (χ3v) is 5.24. The third kappa shape index (κ3) is 6.10. The van der Waals surface area contributed by atoms with Crippen molar-refractivity contribution in [2.75, 3.05) is 33.3 Å². The Labute approximate surface area is 177 Å². The molecule has 1 fully saturated rings. The zero-order chi connectivity index (χ0) is 21.6. The molecule has 1 saturated heterocycles. The minimum atomic E-state index is -0.188. The Kier molecular flexibility index (Phi) is 8.32. The Morgan fingerprint density at radius 2 is 1.93 bits per heavy atom. The van der Waals surface area contributed by atoms with Gasteiger partial charge in [0.05, 0.1) is 19.2 Å². The molecule has 1 aromatic rings. The first-order chi connectivity index (χ1) is 13.8. The summed E-state index contributed by atoms with van der Waals surface area (Å²) in [5.41, 5.74) is 0.422. The normalized spacial score (nSPS) is 14.6. The predicted molar refractivity (Wildman–Crippen MR) is 112 cm³/mol. The topological polar surface area (TPSA) is 79.0 Å². The highest BCUT2D eigenvalue weighted by atomic mass is 35.5. The SMILES string of the molecule is CCN(CC(=O)NC(C)C)C(=O)C1CCN(C(=O)c2cc(Cl)ccc2OC)CC1. The fraction of sp³-hybridized carbons (Fsp3) is 0.571. The Morgan fingerprint density at radius 3 is 2.48 bits per heavy atom. The van der Waals surface area contributed by atoms with Gasteiger partial charge in [0, 0.05) is 36.6 Å². The number of nitrogens with one attached hydrogen (secondary N) is 1. The highest BCUT2D eigenvalue weighted by Gasteiger charge is 2.31. The van der Waals surface area contributed by atoms with E-state index in [2.05, 4.69) is 5.32 Å². The largest absolute Gasteiger partial charge is 0.496 e. The van der Waals surface area contributed by atoms with Crippen LogP contribution in [0.3, 0.4) is 0 Å². The fourth-order valence-electron chi connectivity index (χ4n) is 3.49. The summed E-state index contributed by atoms with van der Waals surface area (Å²) in [7, 11) is 1.51. The standard InChI is InChI=1S/C21H30ClN3O4/c1-5-24(13-19(26)23-14(2)3)20(27)15-8-10-25(11-9-15)21(28)17-12-16(22)6-7-18(17)29-4/h6-7,12,14-15H,5,8-11,13H2,1-4H3,(H,23,26). The second kappa shape index (κ2) is 10.5. The molecule has 7 nitrogen and oxygen atoms in total. The van der Waals surface area contributed by atoms with Gasteiger partial charge in [-0.1, -0.05) is 11.6 Å². The van der Waals surface area contributed by atoms with Crippen LogP contribution in [0.2, 0.25) is 5.02 Å². The van der Waals surface area contributed by atoms with Crippen molar-refractivity contribution in [2.24, 2.45) is 5.92 Å². The van der Waals surface area contributed by atoms with Crippen LogP contribution in [0.4, 0.5) is 0 Å². The molecule has 29 heavy (non-hydrogen) atoms. The molecule has 0 spiro atoms. The van der Waals surface area contributed by atoms with Crippen molar-refractivity contribution >= 4 is 29.3 Å². The number of likely N-dealkylation sites (N-methyl/N-ethyl adjacent to an activating group) is 1. The van der Waals surface area contributed by atoms with E-state index in [1.165, 1.54) is 7.11 Å². The number of carbonyl (C=O) groups is 3. The average molecular weight is 424 g/mol. The van der Waals surface area contributed by atoms with Gasteiger partial charge in [-0.15, -0.1) is 0 Å². The second-order valence-electron chi connectivity index (χ2n) is 7.49. The van der Waals surface area contributed by atoms with Gasteiger partial charge in [-0.2, -0.15) is 0 Å². The van der Waals surface area contributed by atoms with Crippen LogP contribution in [0.25, 0.3) is 0 Å². The van der Waals surface area contributed by atoms with E-state index in [4.69, 9.17) is 16.3 Å². The molecule has 1 aromatic carbocycles. The van der Waals surface area contributed by atoms with Crippen molar-refractivity contribution in [3.8, 4) is 5.75 Å². The zero-order valence-corrected chi connectivity index (χ0v) is 18.3. The molecule has 0 unspecified atom stereocenters. The monoisotopic (exact) mass is 423 g/mol. The summed E-state index contributed by atoms with van der Waals surface area (Å²) < 4.78 is 5.28. The molecule has 3 amide bonds. The van der Waals surface area contributed by atoms with Crippen LogP contribution in [-0.4, -0.2) is 66.9 Å². The van der Waals surface area contributed by atoms with Gasteiger partial charge in [-0.25, -0.2) is 0 Å². The van der Waals surface area contributed by atoms with Crippen LogP contribution in [0, 0.1) is 5.92 Å². The summed E-state index contributed by atoms with van der Waals surface area (Å²) in [6.45, 7) is 7.12. The summed E-state index contributed by atoms with van der Waals surface area (Å²) in [5.74, 6) is -0.0494. The van der Waals surface area contributed by atoms with Gasteiger partial charge < -0.3 is 19.9 Å². The van der Waals surface area contributed by atoms with E-state index in [1.807, 2.05) is 20.8 Å². The summed E-state index contributed by atoms with van der Waals surface area (Å²) in [6, 6.07) is 4.99. The smallest absolute Gasteiger partial charge is 0.257 e. The Balaban J connectivity index is 1.97. The minimum Gasteiger partial charge on any atom is -0.496 e. The average Bonchev–Trinajstić information content (AvgIpc) is 2.70. The molecule has 2 rings (SSSR count). The minimum absolute atomic E-state index is 0.0289. The van der Waals surface area contributed by atoms with E-state index in [9.17, 15) is 14.4 Å². The molecule has 0 aromatic heterocycles. The van der Waals surface area contributed by atoms with E-state index < -0.39 is 0 Å². The van der Waals surface area contributed by atoms with E-state index >= 15 is 0 Å².